The second kappa shape index (κ2) is 7.01. The SMILES string of the molecule is Cc1nc2ccc(NC(=O)c3ccc(OCC(C)C)cc3)cc2s1. The van der Waals surface area contributed by atoms with Crippen LogP contribution in [0.3, 0.4) is 0 Å². The lowest BCUT2D eigenvalue weighted by Gasteiger charge is -2.09. The number of anilines is 1. The summed E-state index contributed by atoms with van der Waals surface area (Å²) < 4.78 is 6.71. The predicted octanol–water partition coefficient (Wildman–Crippen LogP) is 4.89. The number of nitrogens with one attached hydrogen (secondary N) is 1. The van der Waals surface area contributed by atoms with Gasteiger partial charge in [-0.1, -0.05) is 13.8 Å². The molecule has 0 atom stereocenters. The topological polar surface area (TPSA) is 51.2 Å². The molecule has 1 N–H and O–H groups in total. The Morgan fingerprint density at radius 3 is 2.67 bits per heavy atom. The van der Waals surface area contributed by atoms with Gasteiger partial charge in [-0.15, -0.1) is 11.3 Å². The van der Waals surface area contributed by atoms with Crippen LogP contribution >= 0.6 is 11.3 Å². The van der Waals surface area contributed by atoms with Gasteiger partial charge in [-0.3, -0.25) is 4.79 Å². The summed E-state index contributed by atoms with van der Waals surface area (Å²) in [7, 11) is 0. The largest absolute Gasteiger partial charge is 0.493 e. The van der Waals surface area contributed by atoms with E-state index in [-0.39, 0.29) is 5.91 Å². The summed E-state index contributed by atoms with van der Waals surface area (Å²) >= 11 is 1.62. The molecule has 0 fully saturated rings. The van der Waals surface area contributed by atoms with Crippen molar-refractivity contribution in [3.05, 3.63) is 53.0 Å². The van der Waals surface area contributed by atoms with Crippen molar-refractivity contribution < 1.29 is 9.53 Å². The number of ether oxygens (including phenoxy) is 1. The molecule has 4 nitrogen and oxygen atoms in total. The number of aryl methyl sites for hydroxylation is 1. The number of benzene rings is 2. The van der Waals surface area contributed by atoms with Crippen LogP contribution in [0.15, 0.2) is 42.5 Å². The number of amides is 1. The molecule has 1 aromatic heterocycles. The summed E-state index contributed by atoms with van der Waals surface area (Å²) in [5.41, 5.74) is 2.34. The Morgan fingerprint density at radius 2 is 1.96 bits per heavy atom. The van der Waals surface area contributed by atoms with Crippen molar-refractivity contribution >= 4 is 33.1 Å². The fourth-order valence-corrected chi connectivity index (χ4v) is 3.15. The third-order valence-corrected chi connectivity index (χ3v) is 4.39. The minimum Gasteiger partial charge on any atom is -0.493 e. The van der Waals surface area contributed by atoms with Gasteiger partial charge in [0.2, 0.25) is 0 Å². The fraction of sp³-hybridized carbons (Fsp3) is 0.263. The lowest BCUT2D eigenvalue weighted by Crippen LogP contribution is -2.11. The highest BCUT2D eigenvalue weighted by atomic mass is 32.1. The van der Waals surface area contributed by atoms with Crippen LogP contribution in [0.2, 0.25) is 0 Å². The van der Waals surface area contributed by atoms with Crippen molar-refractivity contribution in [2.45, 2.75) is 20.8 Å². The normalized spacial score (nSPS) is 11.0. The first-order valence-corrected chi connectivity index (χ1v) is 8.74. The van der Waals surface area contributed by atoms with Crippen molar-refractivity contribution in [1.29, 1.82) is 0 Å². The van der Waals surface area contributed by atoms with Crippen molar-refractivity contribution in [1.82, 2.24) is 4.98 Å². The van der Waals surface area contributed by atoms with Gasteiger partial charge in [0.25, 0.3) is 5.91 Å². The Hall–Kier alpha value is -2.40. The Morgan fingerprint density at radius 1 is 1.21 bits per heavy atom. The van der Waals surface area contributed by atoms with Crippen LogP contribution in [0.4, 0.5) is 5.69 Å². The van der Waals surface area contributed by atoms with Crippen LogP contribution in [-0.4, -0.2) is 17.5 Å². The number of hydrogen-bond donors (Lipinski definition) is 1. The number of aromatic nitrogens is 1. The van der Waals surface area contributed by atoms with E-state index in [9.17, 15) is 4.79 Å². The van der Waals surface area contributed by atoms with Gasteiger partial charge >= 0.3 is 0 Å². The molecule has 0 saturated carbocycles. The number of carbonyl (C=O) groups excluding carboxylic acids is 1. The molecule has 0 spiro atoms. The minimum atomic E-state index is -0.133. The zero-order chi connectivity index (χ0) is 17.1. The first-order chi connectivity index (χ1) is 11.5. The molecule has 0 aliphatic heterocycles. The van der Waals surface area contributed by atoms with Crippen LogP contribution in [0.1, 0.15) is 29.2 Å². The van der Waals surface area contributed by atoms with E-state index in [4.69, 9.17) is 4.74 Å². The summed E-state index contributed by atoms with van der Waals surface area (Å²) in [6, 6.07) is 13.0. The molecule has 0 aliphatic rings. The smallest absolute Gasteiger partial charge is 0.255 e. The Balaban J connectivity index is 1.69. The van der Waals surface area contributed by atoms with Crippen LogP contribution in [0.25, 0.3) is 10.2 Å². The van der Waals surface area contributed by atoms with E-state index >= 15 is 0 Å². The number of hydrogen-bond acceptors (Lipinski definition) is 4. The Kier molecular flexibility index (Phi) is 4.81. The first-order valence-electron chi connectivity index (χ1n) is 7.92. The average Bonchev–Trinajstić information content (AvgIpc) is 2.92. The molecule has 0 aliphatic carbocycles. The summed E-state index contributed by atoms with van der Waals surface area (Å²) in [6.07, 6.45) is 0. The molecule has 0 unspecified atom stereocenters. The van der Waals surface area contributed by atoms with E-state index in [0.717, 1.165) is 26.7 Å². The van der Waals surface area contributed by atoms with Crippen LogP contribution in [0.5, 0.6) is 5.75 Å². The van der Waals surface area contributed by atoms with Crippen molar-refractivity contribution in [3.63, 3.8) is 0 Å². The summed E-state index contributed by atoms with van der Waals surface area (Å²) in [5.74, 6) is 1.12. The third kappa shape index (κ3) is 3.92. The molecule has 1 amide bonds. The second-order valence-corrected chi connectivity index (χ2v) is 7.33. The molecule has 1 heterocycles. The quantitative estimate of drug-likeness (QED) is 0.719. The van der Waals surface area contributed by atoms with E-state index in [0.29, 0.717) is 18.1 Å². The zero-order valence-electron chi connectivity index (χ0n) is 14.0. The van der Waals surface area contributed by atoms with Gasteiger partial charge in [-0.05, 0) is 55.3 Å². The molecule has 2 aromatic carbocycles. The van der Waals surface area contributed by atoms with E-state index in [2.05, 4.69) is 24.1 Å². The maximum atomic E-state index is 12.4. The maximum Gasteiger partial charge on any atom is 0.255 e. The van der Waals surface area contributed by atoms with E-state index in [1.807, 2.05) is 37.3 Å². The van der Waals surface area contributed by atoms with Gasteiger partial charge in [0.15, 0.2) is 0 Å². The summed E-state index contributed by atoms with van der Waals surface area (Å²) in [4.78, 5) is 16.8. The predicted molar refractivity (Wildman–Crippen MR) is 99.1 cm³/mol. The lowest BCUT2D eigenvalue weighted by atomic mass is 10.2. The fourth-order valence-electron chi connectivity index (χ4n) is 2.29. The number of nitrogens with zero attached hydrogens (tertiary/aromatic N) is 1. The molecule has 124 valence electrons. The molecule has 0 saturated heterocycles. The van der Waals surface area contributed by atoms with Gasteiger partial charge in [0.1, 0.15) is 5.75 Å². The Bertz CT molecular complexity index is 853. The summed E-state index contributed by atoms with van der Waals surface area (Å²) in [6.45, 7) is 6.85. The van der Waals surface area contributed by atoms with Gasteiger partial charge < -0.3 is 10.1 Å². The number of fused-ring (bicyclic) bond motifs is 1. The lowest BCUT2D eigenvalue weighted by molar-refractivity contribution is 0.102. The number of thiazole rings is 1. The molecule has 5 heteroatoms. The van der Waals surface area contributed by atoms with E-state index < -0.39 is 0 Å². The molecular weight excluding hydrogens is 320 g/mol. The molecule has 0 radical (unpaired) electrons. The second-order valence-electron chi connectivity index (χ2n) is 6.10. The highest BCUT2D eigenvalue weighted by Gasteiger charge is 2.08. The van der Waals surface area contributed by atoms with Crippen LogP contribution in [0, 0.1) is 12.8 Å². The first kappa shape index (κ1) is 16.5. The van der Waals surface area contributed by atoms with Gasteiger partial charge in [-0.25, -0.2) is 4.98 Å². The third-order valence-electron chi connectivity index (χ3n) is 3.45. The van der Waals surface area contributed by atoms with Crippen molar-refractivity contribution in [3.8, 4) is 5.75 Å². The standard InChI is InChI=1S/C19H20N2O2S/c1-12(2)11-23-16-7-4-14(5-8-16)19(22)21-15-6-9-17-18(10-15)24-13(3)20-17/h4-10,12H,11H2,1-3H3,(H,21,22). The molecule has 0 bridgehead atoms. The molecule has 3 aromatic rings. The van der Waals surface area contributed by atoms with Crippen molar-refractivity contribution in [2.24, 2.45) is 5.92 Å². The highest BCUT2D eigenvalue weighted by molar-refractivity contribution is 7.18. The number of carbonyl (C=O) groups is 1. The maximum absolute atomic E-state index is 12.4. The number of rotatable bonds is 5. The van der Waals surface area contributed by atoms with Gasteiger partial charge in [-0.2, -0.15) is 0 Å². The monoisotopic (exact) mass is 340 g/mol. The van der Waals surface area contributed by atoms with Crippen LogP contribution < -0.4 is 10.1 Å². The zero-order valence-corrected chi connectivity index (χ0v) is 14.8. The Labute approximate surface area is 145 Å². The molecular formula is C19H20N2O2S. The van der Waals surface area contributed by atoms with Gasteiger partial charge in [0, 0.05) is 11.3 Å². The average molecular weight is 340 g/mol. The van der Waals surface area contributed by atoms with Gasteiger partial charge in [0.05, 0.1) is 21.8 Å². The van der Waals surface area contributed by atoms with E-state index in [1.165, 1.54) is 0 Å². The molecule has 24 heavy (non-hydrogen) atoms. The summed E-state index contributed by atoms with van der Waals surface area (Å²) in [5, 5.41) is 3.95. The van der Waals surface area contributed by atoms with E-state index in [1.54, 1.807) is 23.5 Å². The molecule has 3 rings (SSSR count). The van der Waals surface area contributed by atoms with Crippen molar-refractivity contribution in [2.75, 3.05) is 11.9 Å². The minimum absolute atomic E-state index is 0.133. The van der Waals surface area contributed by atoms with Crippen LogP contribution in [-0.2, 0) is 0 Å². The highest BCUT2D eigenvalue weighted by Crippen LogP contribution is 2.25.